The third kappa shape index (κ3) is 5.75. The van der Waals surface area contributed by atoms with Crippen LogP contribution in [-0.2, 0) is 14.3 Å². The summed E-state index contributed by atoms with van der Waals surface area (Å²) in [7, 11) is 0. The minimum atomic E-state index is -0.314. The number of ketones is 1. The van der Waals surface area contributed by atoms with Crippen LogP contribution in [0.15, 0.2) is 0 Å². The van der Waals surface area contributed by atoms with Crippen molar-refractivity contribution in [1.29, 1.82) is 0 Å². The van der Waals surface area contributed by atoms with E-state index in [-0.39, 0.29) is 35.4 Å². The highest BCUT2D eigenvalue weighted by Gasteiger charge is 2.38. The van der Waals surface area contributed by atoms with Gasteiger partial charge in [-0.3, -0.25) is 9.59 Å². The summed E-state index contributed by atoms with van der Waals surface area (Å²) in [5, 5.41) is 0. The summed E-state index contributed by atoms with van der Waals surface area (Å²) in [6.07, 6.45) is 2.19. The van der Waals surface area contributed by atoms with Crippen molar-refractivity contribution in [3.8, 4) is 0 Å². The third-order valence-corrected chi connectivity index (χ3v) is 3.41. The van der Waals surface area contributed by atoms with E-state index in [9.17, 15) is 9.59 Å². The molecular weight excluding hydrogens is 240 g/mol. The van der Waals surface area contributed by atoms with Gasteiger partial charge in [0.1, 0.15) is 5.78 Å². The van der Waals surface area contributed by atoms with Crippen molar-refractivity contribution in [2.45, 2.75) is 60.8 Å². The molecule has 0 aromatic rings. The van der Waals surface area contributed by atoms with Crippen LogP contribution in [0.4, 0.5) is 0 Å². The summed E-state index contributed by atoms with van der Waals surface area (Å²) in [4.78, 5) is 24.5. The van der Waals surface area contributed by atoms with Crippen molar-refractivity contribution >= 4 is 11.8 Å². The standard InChI is InChI=1S/C16H30O3/c1-7-9-13(17)14(11(3)4)15(12(5)6)16(18)19-10-8-2/h11-12,14-15H,7-10H2,1-6H3. The maximum absolute atomic E-state index is 12.3. The minimum Gasteiger partial charge on any atom is -0.465 e. The summed E-state index contributed by atoms with van der Waals surface area (Å²) in [6, 6.07) is 0. The molecule has 0 saturated heterocycles. The highest BCUT2D eigenvalue weighted by molar-refractivity contribution is 5.87. The molecule has 19 heavy (non-hydrogen) atoms. The van der Waals surface area contributed by atoms with Crippen LogP contribution in [0.1, 0.15) is 60.8 Å². The summed E-state index contributed by atoms with van der Waals surface area (Å²) in [5.74, 6) is -0.252. The van der Waals surface area contributed by atoms with Crippen molar-refractivity contribution in [1.82, 2.24) is 0 Å². The third-order valence-electron chi connectivity index (χ3n) is 3.41. The number of hydrogen-bond donors (Lipinski definition) is 0. The molecule has 0 aliphatic heterocycles. The lowest BCUT2D eigenvalue weighted by Crippen LogP contribution is -2.38. The largest absolute Gasteiger partial charge is 0.465 e. The van der Waals surface area contributed by atoms with E-state index in [1.54, 1.807) is 0 Å². The molecule has 0 aromatic heterocycles. The summed E-state index contributed by atoms with van der Waals surface area (Å²) >= 11 is 0. The summed E-state index contributed by atoms with van der Waals surface area (Å²) < 4.78 is 5.28. The van der Waals surface area contributed by atoms with E-state index in [2.05, 4.69) is 0 Å². The van der Waals surface area contributed by atoms with E-state index in [1.807, 2.05) is 41.5 Å². The molecule has 0 aromatic carbocycles. The molecule has 0 N–H and O–H groups in total. The highest BCUT2D eigenvalue weighted by atomic mass is 16.5. The Morgan fingerprint density at radius 1 is 0.895 bits per heavy atom. The molecule has 112 valence electrons. The van der Waals surface area contributed by atoms with E-state index >= 15 is 0 Å². The second-order valence-electron chi connectivity index (χ2n) is 5.92. The number of rotatable bonds is 9. The molecule has 3 heteroatoms. The van der Waals surface area contributed by atoms with E-state index in [0.29, 0.717) is 13.0 Å². The summed E-state index contributed by atoms with van der Waals surface area (Å²) in [6.45, 7) is 12.4. The van der Waals surface area contributed by atoms with Crippen molar-refractivity contribution < 1.29 is 14.3 Å². The fourth-order valence-electron chi connectivity index (χ4n) is 2.53. The number of esters is 1. The molecule has 3 nitrogen and oxygen atoms in total. The first kappa shape index (κ1) is 18.1. The minimum absolute atomic E-state index is 0.123. The Morgan fingerprint density at radius 2 is 1.42 bits per heavy atom. The summed E-state index contributed by atoms with van der Waals surface area (Å²) in [5.41, 5.74) is 0. The second-order valence-corrected chi connectivity index (χ2v) is 5.92. The lowest BCUT2D eigenvalue weighted by molar-refractivity contribution is -0.156. The molecule has 0 aliphatic rings. The van der Waals surface area contributed by atoms with Gasteiger partial charge in [-0.25, -0.2) is 0 Å². The Bertz CT molecular complexity index is 282. The van der Waals surface area contributed by atoms with E-state index in [1.165, 1.54) is 0 Å². The van der Waals surface area contributed by atoms with E-state index < -0.39 is 0 Å². The Morgan fingerprint density at radius 3 is 1.79 bits per heavy atom. The van der Waals surface area contributed by atoms with Crippen molar-refractivity contribution in [3.63, 3.8) is 0 Å². The number of carbonyl (C=O) groups is 2. The van der Waals surface area contributed by atoms with Crippen LogP contribution in [0.5, 0.6) is 0 Å². The number of ether oxygens (including phenoxy) is 1. The Hall–Kier alpha value is -0.860. The predicted octanol–water partition coefficient (Wildman–Crippen LogP) is 3.85. The first-order chi connectivity index (χ1) is 8.86. The molecule has 0 radical (unpaired) electrons. The number of hydrogen-bond acceptors (Lipinski definition) is 3. The zero-order valence-electron chi connectivity index (χ0n) is 13.4. The second kappa shape index (κ2) is 9.11. The molecule has 0 fully saturated rings. The number of Topliss-reactive ketones (excluding diaryl/α,β-unsaturated/α-hetero) is 1. The van der Waals surface area contributed by atoms with Crippen LogP contribution >= 0.6 is 0 Å². The predicted molar refractivity (Wildman–Crippen MR) is 77.8 cm³/mol. The van der Waals surface area contributed by atoms with Crippen LogP contribution in [-0.4, -0.2) is 18.4 Å². The van der Waals surface area contributed by atoms with E-state index in [4.69, 9.17) is 4.74 Å². The average Bonchev–Trinajstić information content (AvgIpc) is 2.31. The molecule has 0 bridgehead atoms. The van der Waals surface area contributed by atoms with Gasteiger partial charge >= 0.3 is 5.97 Å². The quantitative estimate of drug-likeness (QED) is 0.598. The molecule has 0 aliphatic carbocycles. The molecular formula is C16H30O3. The molecule has 0 amide bonds. The highest BCUT2D eigenvalue weighted by Crippen LogP contribution is 2.30. The first-order valence-electron chi connectivity index (χ1n) is 7.56. The smallest absolute Gasteiger partial charge is 0.309 e. The van der Waals surface area contributed by atoms with Gasteiger partial charge in [-0.1, -0.05) is 41.5 Å². The average molecular weight is 270 g/mol. The Labute approximate surface area is 118 Å². The Balaban J connectivity index is 5.07. The lowest BCUT2D eigenvalue weighted by Gasteiger charge is -2.30. The van der Waals surface area contributed by atoms with Gasteiger partial charge in [0.05, 0.1) is 12.5 Å². The van der Waals surface area contributed by atoms with Crippen LogP contribution in [0.3, 0.4) is 0 Å². The first-order valence-corrected chi connectivity index (χ1v) is 7.56. The van der Waals surface area contributed by atoms with Gasteiger partial charge < -0.3 is 4.74 Å². The molecule has 0 spiro atoms. The topological polar surface area (TPSA) is 43.4 Å². The van der Waals surface area contributed by atoms with Crippen LogP contribution in [0.2, 0.25) is 0 Å². The monoisotopic (exact) mass is 270 g/mol. The Kier molecular flexibility index (Phi) is 8.70. The maximum Gasteiger partial charge on any atom is 0.309 e. The van der Waals surface area contributed by atoms with Gasteiger partial charge in [-0.2, -0.15) is 0 Å². The number of carbonyl (C=O) groups excluding carboxylic acids is 2. The molecule has 0 saturated carbocycles. The molecule has 0 rings (SSSR count). The van der Waals surface area contributed by atoms with Gasteiger partial charge in [0, 0.05) is 12.3 Å². The maximum atomic E-state index is 12.3. The van der Waals surface area contributed by atoms with Crippen molar-refractivity contribution in [2.24, 2.45) is 23.7 Å². The molecule has 0 heterocycles. The van der Waals surface area contributed by atoms with Gasteiger partial charge in [0.15, 0.2) is 0 Å². The zero-order valence-corrected chi connectivity index (χ0v) is 13.4. The van der Waals surface area contributed by atoms with Crippen LogP contribution in [0, 0.1) is 23.7 Å². The fourth-order valence-corrected chi connectivity index (χ4v) is 2.53. The van der Waals surface area contributed by atoms with Gasteiger partial charge in [-0.05, 0) is 24.7 Å². The van der Waals surface area contributed by atoms with Gasteiger partial charge in [0.2, 0.25) is 0 Å². The van der Waals surface area contributed by atoms with E-state index in [0.717, 1.165) is 12.8 Å². The molecule has 2 unspecified atom stereocenters. The SMILES string of the molecule is CCCOC(=O)C(C(C)C)C(C(=O)CCC)C(C)C. The van der Waals surface area contributed by atoms with Crippen LogP contribution in [0.25, 0.3) is 0 Å². The van der Waals surface area contributed by atoms with Gasteiger partial charge in [-0.15, -0.1) is 0 Å². The zero-order chi connectivity index (χ0) is 15.0. The van der Waals surface area contributed by atoms with Crippen molar-refractivity contribution in [2.75, 3.05) is 6.61 Å². The lowest BCUT2D eigenvalue weighted by atomic mass is 9.74. The van der Waals surface area contributed by atoms with Gasteiger partial charge in [0.25, 0.3) is 0 Å². The normalized spacial score (nSPS) is 14.5. The van der Waals surface area contributed by atoms with Crippen LogP contribution < -0.4 is 0 Å². The fraction of sp³-hybridized carbons (Fsp3) is 0.875. The van der Waals surface area contributed by atoms with Crippen molar-refractivity contribution in [3.05, 3.63) is 0 Å². The molecule has 2 atom stereocenters.